The molecule has 2 amide bonds. The van der Waals surface area contributed by atoms with E-state index in [0.29, 0.717) is 11.4 Å². The second-order valence-electron chi connectivity index (χ2n) is 5.63. The van der Waals surface area contributed by atoms with Gasteiger partial charge >= 0.3 is 0 Å². The van der Waals surface area contributed by atoms with E-state index in [0.717, 1.165) is 11.0 Å². The third-order valence-corrected chi connectivity index (χ3v) is 4.25. The zero-order valence-electron chi connectivity index (χ0n) is 13.0. The molecule has 120 valence electrons. The number of anilines is 1. The smallest absolute Gasteiger partial charge is 0.257 e. The summed E-state index contributed by atoms with van der Waals surface area (Å²) in [7, 11) is 1.55. The SMILES string of the molecule is COc1cccc(N2C(=O)C[C@H](n3cnc4ccccc43)C2=O)c1. The van der Waals surface area contributed by atoms with E-state index in [-0.39, 0.29) is 18.2 Å². The van der Waals surface area contributed by atoms with Gasteiger partial charge in [-0.1, -0.05) is 18.2 Å². The van der Waals surface area contributed by atoms with E-state index in [9.17, 15) is 9.59 Å². The van der Waals surface area contributed by atoms with Gasteiger partial charge in [0.25, 0.3) is 5.91 Å². The van der Waals surface area contributed by atoms with Gasteiger partial charge in [-0.2, -0.15) is 0 Å². The van der Waals surface area contributed by atoms with Crippen molar-refractivity contribution in [2.75, 3.05) is 12.0 Å². The van der Waals surface area contributed by atoms with E-state index < -0.39 is 6.04 Å². The normalized spacial score (nSPS) is 17.7. The maximum absolute atomic E-state index is 12.9. The second kappa shape index (κ2) is 5.49. The number of carbonyl (C=O) groups excluding carboxylic acids is 2. The molecule has 2 aromatic carbocycles. The number of nitrogens with zero attached hydrogens (tertiary/aromatic N) is 3. The van der Waals surface area contributed by atoms with Gasteiger partial charge in [-0.3, -0.25) is 9.59 Å². The molecule has 1 fully saturated rings. The molecular weight excluding hydrogens is 306 g/mol. The summed E-state index contributed by atoms with van der Waals surface area (Å²) in [6.45, 7) is 0. The van der Waals surface area contributed by atoms with Crippen molar-refractivity contribution in [3.8, 4) is 5.75 Å². The van der Waals surface area contributed by atoms with Crippen LogP contribution in [-0.2, 0) is 9.59 Å². The van der Waals surface area contributed by atoms with Crippen molar-refractivity contribution in [3.63, 3.8) is 0 Å². The number of para-hydroxylation sites is 2. The van der Waals surface area contributed by atoms with Crippen molar-refractivity contribution < 1.29 is 14.3 Å². The van der Waals surface area contributed by atoms with E-state index in [1.807, 2.05) is 24.3 Å². The topological polar surface area (TPSA) is 64.4 Å². The minimum Gasteiger partial charge on any atom is -0.497 e. The first-order valence-corrected chi connectivity index (χ1v) is 7.61. The molecule has 24 heavy (non-hydrogen) atoms. The highest BCUT2D eigenvalue weighted by atomic mass is 16.5. The number of hydrogen-bond acceptors (Lipinski definition) is 4. The fraction of sp³-hybridized carbons (Fsp3) is 0.167. The van der Waals surface area contributed by atoms with Crippen molar-refractivity contribution >= 4 is 28.5 Å². The van der Waals surface area contributed by atoms with Crippen LogP contribution in [-0.4, -0.2) is 28.5 Å². The maximum atomic E-state index is 12.9. The van der Waals surface area contributed by atoms with Crippen molar-refractivity contribution in [2.45, 2.75) is 12.5 Å². The molecule has 1 aliphatic heterocycles. The van der Waals surface area contributed by atoms with Crippen LogP contribution in [0.4, 0.5) is 5.69 Å². The first-order valence-electron chi connectivity index (χ1n) is 7.61. The molecule has 0 spiro atoms. The van der Waals surface area contributed by atoms with Crippen molar-refractivity contribution in [2.24, 2.45) is 0 Å². The van der Waals surface area contributed by atoms with Crippen LogP contribution in [0.3, 0.4) is 0 Å². The van der Waals surface area contributed by atoms with Crippen LogP contribution in [0.1, 0.15) is 12.5 Å². The van der Waals surface area contributed by atoms with Crippen molar-refractivity contribution in [1.82, 2.24) is 9.55 Å². The number of fused-ring (bicyclic) bond motifs is 1. The Hall–Kier alpha value is -3.15. The van der Waals surface area contributed by atoms with Gasteiger partial charge in [0.05, 0.1) is 36.6 Å². The molecule has 3 aromatic rings. The van der Waals surface area contributed by atoms with Crippen LogP contribution < -0.4 is 9.64 Å². The quantitative estimate of drug-likeness (QED) is 0.696. The van der Waals surface area contributed by atoms with Crippen LogP contribution in [0.5, 0.6) is 5.75 Å². The highest BCUT2D eigenvalue weighted by Crippen LogP contribution is 2.32. The fourth-order valence-electron chi connectivity index (χ4n) is 3.08. The molecule has 1 saturated heterocycles. The molecule has 2 heterocycles. The molecule has 0 N–H and O–H groups in total. The summed E-state index contributed by atoms with van der Waals surface area (Å²) >= 11 is 0. The number of benzene rings is 2. The number of carbonyl (C=O) groups is 2. The van der Waals surface area contributed by atoms with E-state index in [1.165, 1.54) is 4.90 Å². The fourth-order valence-corrected chi connectivity index (χ4v) is 3.08. The number of methoxy groups -OCH3 is 1. The van der Waals surface area contributed by atoms with Gasteiger partial charge in [0, 0.05) is 6.07 Å². The van der Waals surface area contributed by atoms with E-state index >= 15 is 0 Å². The van der Waals surface area contributed by atoms with Gasteiger partial charge in [0.2, 0.25) is 5.91 Å². The number of hydrogen-bond donors (Lipinski definition) is 0. The van der Waals surface area contributed by atoms with Crippen LogP contribution >= 0.6 is 0 Å². The summed E-state index contributed by atoms with van der Waals surface area (Å²) < 4.78 is 6.95. The zero-order chi connectivity index (χ0) is 16.7. The van der Waals surface area contributed by atoms with Gasteiger partial charge in [-0.25, -0.2) is 9.88 Å². The van der Waals surface area contributed by atoms with Crippen LogP contribution in [0.2, 0.25) is 0 Å². The molecule has 0 aliphatic carbocycles. The Kier molecular flexibility index (Phi) is 3.30. The molecule has 0 radical (unpaired) electrons. The molecule has 1 atom stereocenters. The number of aromatic nitrogens is 2. The Morgan fingerprint density at radius 1 is 1.12 bits per heavy atom. The zero-order valence-corrected chi connectivity index (χ0v) is 13.0. The van der Waals surface area contributed by atoms with Crippen LogP contribution in [0, 0.1) is 0 Å². The van der Waals surface area contributed by atoms with Crippen molar-refractivity contribution in [3.05, 3.63) is 54.9 Å². The lowest BCUT2D eigenvalue weighted by molar-refractivity contribution is -0.122. The van der Waals surface area contributed by atoms with E-state index in [1.54, 1.807) is 42.3 Å². The maximum Gasteiger partial charge on any atom is 0.257 e. The summed E-state index contributed by atoms with van der Waals surface area (Å²) in [6.07, 6.45) is 1.74. The van der Waals surface area contributed by atoms with E-state index in [2.05, 4.69) is 4.98 Å². The minimum absolute atomic E-state index is 0.121. The molecule has 1 aliphatic rings. The molecule has 0 unspecified atom stereocenters. The molecule has 1 aromatic heterocycles. The predicted octanol–water partition coefficient (Wildman–Crippen LogP) is 2.55. The van der Waals surface area contributed by atoms with E-state index in [4.69, 9.17) is 4.74 Å². The largest absolute Gasteiger partial charge is 0.497 e. The molecule has 6 nitrogen and oxygen atoms in total. The number of imide groups is 1. The monoisotopic (exact) mass is 321 g/mol. The lowest BCUT2D eigenvalue weighted by Crippen LogP contribution is -2.31. The Balaban J connectivity index is 1.73. The molecule has 4 rings (SSSR count). The highest BCUT2D eigenvalue weighted by Gasteiger charge is 2.41. The standard InChI is InChI=1S/C18H15N3O3/c1-24-13-6-4-5-12(9-13)21-17(22)10-16(18(21)23)20-11-19-14-7-2-3-8-15(14)20/h2-9,11,16H,10H2,1H3/t16-/m0/s1. The molecular formula is C18H15N3O3. The lowest BCUT2D eigenvalue weighted by atomic mass is 10.2. The number of imidazole rings is 1. The first-order chi connectivity index (χ1) is 11.7. The Bertz CT molecular complexity index is 947. The van der Waals surface area contributed by atoms with Gasteiger partial charge < -0.3 is 9.30 Å². The highest BCUT2D eigenvalue weighted by molar-refractivity contribution is 6.22. The summed E-state index contributed by atoms with van der Waals surface area (Å²) in [6, 6.07) is 13.9. The molecule has 0 bridgehead atoms. The van der Waals surface area contributed by atoms with Crippen LogP contribution in [0.25, 0.3) is 11.0 Å². The average Bonchev–Trinajstić information content (AvgIpc) is 3.15. The third kappa shape index (κ3) is 2.15. The summed E-state index contributed by atoms with van der Waals surface area (Å²) in [5.41, 5.74) is 2.17. The third-order valence-electron chi connectivity index (χ3n) is 4.25. The summed E-state index contributed by atoms with van der Waals surface area (Å²) in [4.78, 5) is 30.9. The van der Waals surface area contributed by atoms with Crippen molar-refractivity contribution in [1.29, 1.82) is 0 Å². The number of amides is 2. The number of ether oxygens (including phenoxy) is 1. The summed E-state index contributed by atoms with van der Waals surface area (Å²) in [5, 5.41) is 0. The van der Waals surface area contributed by atoms with Gasteiger partial charge in [0.15, 0.2) is 0 Å². The Labute approximate surface area is 138 Å². The number of rotatable bonds is 3. The predicted molar refractivity (Wildman–Crippen MR) is 88.9 cm³/mol. The first kappa shape index (κ1) is 14.4. The van der Waals surface area contributed by atoms with Gasteiger partial charge in [-0.05, 0) is 24.3 Å². The molecule has 6 heteroatoms. The van der Waals surface area contributed by atoms with Gasteiger partial charge in [0.1, 0.15) is 11.8 Å². The Morgan fingerprint density at radius 3 is 2.79 bits per heavy atom. The van der Waals surface area contributed by atoms with Gasteiger partial charge in [-0.15, -0.1) is 0 Å². The average molecular weight is 321 g/mol. The molecule has 0 saturated carbocycles. The Morgan fingerprint density at radius 2 is 1.96 bits per heavy atom. The summed E-state index contributed by atoms with van der Waals surface area (Å²) in [5.74, 6) is 0.122. The minimum atomic E-state index is -0.573. The lowest BCUT2D eigenvalue weighted by Gasteiger charge is -2.16. The van der Waals surface area contributed by atoms with Crippen LogP contribution in [0.15, 0.2) is 54.9 Å². The second-order valence-corrected chi connectivity index (χ2v) is 5.63.